The van der Waals surface area contributed by atoms with E-state index >= 15 is 0 Å². The zero-order valence-electron chi connectivity index (χ0n) is 11.8. The van der Waals surface area contributed by atoms with Crippen LogP contribution in [0.1, 0.15) is 45.4 Å². The normalized spacial score (nSPS) is 31.3. The van der Waals surface area contributed by atoms with Crippen LogP contribution in [0.3, 0.4) is 0 Å². The van der Waals surface area contributed by atoms with Gasteiger partial charge in [0.1, 0.15) is 6.04 Å². The van der Waals surface area contributed by atoms with Gasteiger partial charge in [0.15, 0.2) is 0 Å². The molecule has 1 aliphatic heterocycles. The Bertz CT molecular complexity index is 262. The first kappa shape index (κ1) is 16.7. The molecule has 0 aromatic carbocycles. The third kappa shape index (κ3) is 5.28. The number of morpholine rings is 1. The third-order valence-electron chi connectivity index (χ3n) is 4.13. The van der Waals surface area contributed by atoms with Gasteiger partial charge in [-0.1, -0.05) is 19.8 Å². The van der Waals surface area contributed by atoms with Gasteiger partial charge in [0, 0.05) is 12.6 Å². The van der Waals surface area contributed by atoms with Crippen molar-refractivity contribution < 1.29 is 9.53 Å². The van der Waals surface area contributed by atoms with E-state index in [1.807, 2.05) is 0 Å². The van der Waals surface area contributed by atoms with Crippen molar-refractivity contribution in [2.24, 2.45) is 5.92 Å². The highest BCUT2D eigenvalue weighted by atomic mass is 35.5. The van der Waals surface area contributed by atoms with Gasteiger partial charge in [-0.05, 0) is 31.6 Å². The third-order valence-corrected chi connectivity index (χ3v) is 4.13. The number of amides is 1. The summed E-state index contributed by atoms with van der Waals surface area (Å²) < 4.78 is 5.32. The molecule has 0 aromatic rings. The SMILES string of the molecule is CCCC1CCC(NC(=O)C2COCCN2)CC1.Cl. The van der Waals surface area contributed by atoms with Gasteiger partial charge in [0.05, 0.1) is 13.2 Å². The Balaban J connectivity index is 0.00000180. The Morgan fingerprint density at radius 2 is 2.05 bits per heavy atom. The van der Waals surface area contributed by atoms with Crippen LogP contribution in [-0.4, -0.2) is 37.7 Å². The molecule has 0 aromatic heterocycles. The van der Waals surface area contributed by atoms with Crippen LogP contribution in [0.25, 0.3) is 0 Å². The molecule has 0 bridgehead atoms. The molecule has 1 unspecified atom stereocenters. The van der Waals surface area contributed by atoms with E-state index in [-0.39, 0.29) is 24.4 Å². The van der Waals surface area contributed by atoms with Gasteiger partial charge in [0.25, 0.3) is 0 Å². The summed E-state index contributed by atoms with van der Waals surface area (Å²) in [6.45, 7) is 4.26. The Morgan fingerprint density at radius 3 is 2.63 bits per heavy atom. The molecule has 1 amide bonds. The Kier molecular flexibility index (Phi) is 7.73. The van der Waals surface area contributed by atoms with Crippen molar-refractivity contribution in [3.63, 3.8) is 0 Å². The second-order valence-corrected chi connectivity index (χ2v) is 5.60. The molecule has 1 atom stereocenters. The van der Waals surface area contributed by atoms with Crippen molar-refractivity contribution in [3.8, 4) is 0 Å². The lowest BCUT2D eigenvalue weighted by Gasteiger charge is -2.31. The van der Waals surface area contributed by atoms with Gasteiger partial charge < -0.3 is 15.4 Å². The summed E-state index contributed by atoms with van der Waals surface area (Å²) in [6.07, 6.45) is 7.46. The number of hydrogen-bond donors (Lipinski definition) is 2. The standard InChI is InChI=1S/C14H26N2O2.ClH/c1-2-3-11-4-6-12(7-5-11)16-14(17)13-10-18-9-8-15-13;/h11-13,15H,2-10H2,1H3,(H,16,17);1H. The van der Waals surface area contributed by atoms with Crippen molar-refractivity contribution in [1.82, 2.24) is 10.6 Å². The Morgan fingerprint density at radius 1 is 1.32 bits per heavy atom. The summed E-state index contributed by atoms with van der Waals surface area (Å²) >= 11 is 0. The molecule has 19 heavy (non-hydrogen) atoms. The summed E-state index contributed by atoms with van der Waals surface area (Å²) in [4.78, 5) is 12.0. The number of rotatable bonds is 4. The molecule has 1 saturated carbocycles. The highest BCUT2D eigenvalue weighted by molar-refractivity contribution is 5.85. The smallest absolute Gasteiger partial charge is 0.239 e. The summed E-state index contributed by atoms with van der Waals surface area (Å²) in [7, 11) is 0. The van der Waals surface area contributed by atoms with Crippen molar-refractivity contribution >= 4 is 18.3 Å². The van der Waals surface area contributed by atoms with Crippen molar-refractivity contribution in [1.29, 1.82) is 0 Å². The van der Waals surface area contributed by atoms with E-state index in [0.717, 1.165) is 25.3 Å². The predicted octanol–water partition coefficient (Wildman–Crippen LogP) is 1.87. The molecule has 2 N–H and O–H groups in total. The highest BCUT2D eigenvalue weighted by Gasteiger charge is 2.26. The van der Waals surface area contributed by atoms with E-state index < -0.39 is 0 Å². The average molecular weight is 291 g/mol. The maximum atomic E-state index is 12.0. The summed E-state index contributed by atoms with van der Waals surface area (Å²) in [5.41, 5.74) is 0. The number of nitrogens with one attached hydrogen (secondary N) is 2. The van der Waals surface area contributed by atoms with Crippen LogP contribution in [0.4, 0.5) is 0 Å². The maximum Gasteiger partial charge on any atom is 0.239 e. The first-order valence-corrected chi connectivity index (χ1v) is 7.41. The summed E-state index contributed by atoms with van der Waals surface area (Å²) in [6, 6.07) is 0.237. The molecular formula is C14H27ClN2O2. The van der Waals surface area contributed by atoms with Crippen LogP contribution in [0.5, 0.6) is 0 Å². The van der Waals surface area contributed by atoms with Gasteiger partial charge >= 0.3 is 0 Å². The monoisotopic (exact) mass is 290 g/mol. The number of carbonyl (C=O) groups excluding carboxylic acids is 1. The summed E-state index contributed by atoms with van der Waals surface area (Å²) in [5.74, 6) is 1.01. The first-order valence-electron chi connectivity index (χ1n) is 7.41. The van der Waals surface area contributed by atoms with E-state index in [2.05, 4.69) is 17.6 Å². The minimum atomic E-state index is -0.146. The lowest BCUT2D eigenvalue weighted by molar-refractivity contribution is -0.126. The number of halogens is 1. The van der Waals surface area contributed by atoms with Crippen LogP contribution in [0.2, 0.25) is 0 Å². The maximum absolute atomic E-state index is 12.0. The van der Waals surface area contributed by atoms with Gasteiger partial charge in [-0.15, -0.1) is 12.4 Å². The second kappa shape index (κ2) is 8.77. The molecule has 4 nitrogen and oxygen atoms in total. The minimum Gasteiger partial charge on any atom is -0.378 e. The fraction of sp³-hybridized carbons (Fsp3) is 0.929. The van der Waals surface area contributed by atoms with Crippen molar-refractivity contribution in [2.75, 3.05) is 19.8 Å². The molecule has 2 rings (SSSR count). The molecule has 2 aliphatic rings. The molecule has 1 aliphatic carbocycles. The van der Waals surface area contributed by atoms with Crippen molar-refractivity contribution in [3.05, 3.63) is 0 Å². The molecule has 1 heterocycles. The number of ether oxygens (including phenoxy) is 1. The number of carbonyl (C=O) groups is 1. The fourth-order valence-corrected chi connectivity index (χ4v) is 3.04. The molecule has 1 saturated heterocycles. The molecular weight excluding hydrogens is 264 g/mol. The number of hydrogen-bond acceptors (Lipinski definition) is 3. The van der Waals surface area contributed by atoms with Gasteiger partial charge in [-0.3, -0.25) is 4.79 Å². The Labute approximate surface area is 122 Å². The predicted molar refractivity (Wildman–Crippen MR) is 78.7 cm³/mol. The van der Waals surface area contributed by atoms with E-state index in [1.165, 1.54) is 25.7 Å². The fourth-order valence-electron chi connectivity index (χ4n) is 3.04. The van der Waals surface area contributed by atoms with Gasteiger partial charge in [-0.2, -0.15) is 0 Å². The molecule has 112 valence electrons. The average Bonchev–Trinajstić information content (AvgIpc) is 2.42. The van der Waals surface area contributed by atoms with Crippen LogP contribution in [0.15, 0.2) is 0 Å². The minimum absolute atomic E-state index is 0. The highest BCUT2D eigenvalue weighted by Crippen LogP contribution is 2.27. The molecule has 5 heteroatoms. The van der Waals surface area contributed by atoms with Gasteiger partial charge in [0.2, 0.25) is 5.91 Å². The molecule has 0 spiro atoms. The second-order valence-electron chi connectivity index (χ2n) is 5.60. The van der Waals surface area contributed by atoms with Crippen LogP contribution in [-0.2, 0) is 9.53 Å². The quantitative estimate of drug-likeness (QED) is 0.831. The largest absolute Gasteiger partial charge is 0.378 e. The summed E-state index contributed by atoms with van der Waals surface area (Å²) in [5, 5.41) is 6.37. The van der Waals surface area contributed by atoms with Crippen molar-refractivity contribution in [2.45, 2.75) is 57.5 Å². The lowest BCUT2D eigenvalue weighted by atomic mass is 9.83. The topological polar surface area (TPSA) is 50.4 Å². The Hall–Kier alpha value is -0.320. The van der Waals surface area contributed by atoms with E-state index in [9.17, 15) is 4.79 Å². The van der Waals surface area contributed by atoms with E-state index in [1.54, 1.807) is 0 Å². The molecule has 2 fully saturated rings. The van der Waals surface area contributed by atoms with Gasteiger partial charge in [-0.25, -0.2) is 0 Å². The zero-order chi connectivity index (χ0) is 12.8. The van der Waals surface area contributed by atoms with E-state index in [4.69, 9.17) is 4.74 Å². The van der Waals surface area contributed by atoms with E-state index in [0.29, 0.717) is 19.3 Å². The lowest BCUT2D eigenvalue weighted by Crippen LogP contribution is -2.53. The van der Waals surface area contributed by atoms with Crippen LogP contribution < -0.4 is 10.6 Å². The van der Waals surface area contributed by atoms with Crippen LogP contribution >= 0.6 is 12.4 Å². The van der Waals surface area contributed by atoms with Crippen LogP contribution in [0, 0.1) is 5.92 Å². The first-order chi connectivity index (χ1) is 8.79. The molecule has 0 radical (unpaired) electrons. The zero-order valence-corrected chi connectivity index (χ0v) is 12.6.